The maximum atomic E-state index is 13.8. The second-order valence-corrected chi connectivity index (χ2v) is 11.4. The molecule has 1 aliphatic carbocycles. The molecule has 0 saturated carbocycles. The summed E-state index contributed by atoms with van der Waals surface area (Å²) in [6.45, 7) is 6.27. The van der Waals surface area contributed by atoms with Crippen LogP contribution in [0.4, 0.5) is 5.82 Å². The second kappa shape index (κ2) is 9.40. The minimum Gasteiger partial charge on any atom is -0.478 e. The number of carbonyl (C=O) groups excluding carboxylic acids is 1. The average molecular weight is 524 g/mol. The molecule has 0 fully saturated rings. The van der Waals surface area contributed by atoms with Gasteiger partial charge >= 0.3 is 5.97 Å². The lowest BCUT2D eigenvalue weighted by Crippen LogP contribution is -2.30. The first-order chi connectivity index (χ1) is 18.3. The predicted molar refractivity (Wildman–Crippen MR) is 150 cm³/mol. The topological polar surface area (TPSA) is 84.2 Å². The highest BCUT2D eigenvalue weighted by molar-refractivity contribution is 7.10. The number of thiophene rings is 1. The van der Waals surface area contributed by atoms with Crippen LogP contribution in [0.1, 0.15) is 82.1 Å². The van der Waals surface area contributed by atoms with Crippen LogP contribution in [-0.4, -0.2) is 26.6 Å². The zero-order valence-electron chi connectivity index (χ0n) is 21.6. The Labute approximate surface area is 225 Å². The number of carboxylic acids is 1. The van der Waals surface area contributed by atoms with E-state index in [4.69, 9.17) is 5.10 Å². The minimum atomic E-state index is -1.01. The minimum absolute atomic E-state index is 0.114. The molecule has 2 aliphatic rings. The van der Waals surface area contributed by atoms with Crippen molar-refractivity contribution in [2.75, 3.05) is 5.32 Å². The molecule has 6 nitrogen and oxygen atoms in total. The van der Waals surface area contributed by atoms with E-state index in [2.05, 4.69) is 54.9 Å². The van der Waals surface area contributed by atoms with E-state index in [1.54, 1.807) is 34.2 Å². The summed E-state index contributed by atoms with van der Waals surface area (Å²) in [4.78, 5) is 27.1. The van der Waals surface area contributed by atoms with Gasteiger partial charge in [-0.1, -0.05) is 56.3 Å². The van der Waals surface area contributed by atoms with Gasteiger partial charge in [0.15, 0.2) is 5.78 Å². The Bertz CT molecular complexity index is 1580. The van der Waals surface area contributed by atoms with Crippen molar-refractivity contribution in [3.05, 3.63) is 110 Å². The Morgan fingerprint density at radius 1 is 1.08 bits per heavy atom. The lowest BCUT2D eigenvalue weighted by molar-refractivity contribution is -0.116. The van der Waals surface area contributed by atoms with E-state index in [9.17, 15) is 14.7 Å². The van der Waals surface area contributed by atoms with E-state index in [0.29, 0.717) is 24.4 Å². The van der Waals surface area contributed by atoms with Crippen molar-refractivity contribution in [3.8, 4) is 5.69 Å². The Morgan fingerprint density at radius 2 is 1.84 bits per heavy atom. The third-order valence-electron chi connectivity index (χ3n) is 7.71. The molecule has 0 saturated heterocycles. The zero-order chi connectivity index (χ0) is 26.6. The number of aryl methyl sites for hydroxylation is 1. The Hall–Kier alpha value is -3.97. The number of aromatic nitrogens is 2. The summed E-state index contributed by atoms with van der Waals surface area (Å²) in [5.74, 6) is 0.117. The first-order valence-corrected chi connectivity index (χ1v) is 13.8. The van der Waals surface area contributed by atoms with Crippen molar-refractivity contribution in [1.29, 1.82) is 0 Å². The average Bonchev–Trinajstić information content (AvgIpc) is 3.56. The van der Waals surface area contributed by atoms with Crippen molar-refractivity contribution in [1.82, 2.24) is 9.78 Å². The predicted octanol–water partition coefficient (Wildman–Crippen LogP) is 7.02. The zero-order valence-corrected chi connectivity index (χ0v) is 22.4. The molecule has 3 heterocycles. The van der Waals surface area contributed by atoms with Crippen molar-refractivity contribution in [3.63, 3.8) is 0 Å². The molecule has 2 atom stereocenters. The number of rotatable bonds is 5. The molecular formula is C31H29N3O3S. The fourth-order valence-corrected chi connectivity index (χ4v) is 6.65. The smallest absolute Gasteiger partial charge is 0.337 e. The summed E-state index contributed by atoms with van der Waals surface area (Å²) in [5.41, 5.74) is 6.35. The molecule has 2 unspecified atom stereocenters. The summed E-state index contributed by atoms with van der Waals surface area (Å²) >= 11 is 1.68. The van der Waals surface area contributed by atoms with Crippen LogP contribution in [0.15, 0.2) is 77.3 Å². The first kappa shape index (κ1) is 24.4. The highest BCUT2D eigenvalue weighted by atomic mass is 32.1. The van der Waals surface area contributed by atoms with Crippen LogP contribution in [0.2, 0.25) is 0 Å². The highest BCUT2D eigenvalue weighted by Gasteiger charge is 2.41. The number of para-hydroxylation sites is 1. The highest BCUT2D eigenvalue weighted by Crippen LogP contribution is 2.50. The number of carbonyl (C=O) groups is 2. The number of benzene rings is 2. The molecule has 7 heteroatoms. The molecule has 2 aromatic heterocycles. The molecule has 1 aliphatic heterocycles. The number of ketones is 1. The molecule has 4 aromatic rings. The quantitative estimate of drug-likeness (QED) is 0.294. The number of hydrogen-bond donors (Lipinski definition) is 2. The summed E-state index contributed by atoms with van der Waals surface area (Å²) in [7, 11) is 0. The van der Waals surface area contributed by atoms with Gasteiger partial charge in [-0.25, -0.2) is 9.48 Å². The number of carboxylic acid groups (broad SMARTS) is 1. The number of nitrogens with one attached hydrogen (secondary N) is 1. The van der Waals surface area contributed by atoms with Gasteiger partial charge in [0, 0.05) is 40.0 Å². The molecule has 2 N–H and O–H groups in total. The van der Waals surface area contributed by atoms with Gasteiger partial charge in [0.2, 0.25) is 0 Å². The van der Waals surface area contributed by atoms with Crippen LogP contribution in [0.25, 0.3) is 5.69 Å². The normalized spacial score (nSPS) is 18.8. The number of aromatic carboxylic acids is 1. The molecule has 2 aromatic carbocycles. The van der Waals surface area contributed by atoms with E-state index in [0.717, 1.165) is 33.9 Å². The Morgan fingerprint density at radius 3 is 2.53 bits per heavy atom. The van der Waals surface area contributed by atoms with Gasteiger partial charge in [-0.05, 0) is 54.0 Å². The maximum Gasteiger partial charge on any atom is 0.337 e. The molecule has 38 heavy (non-hydrogen) atoms. The molecule has 0 bridgehead atoms. The summed E-state index contributed by atoms with van der Waals surface area (Å²) in [5, 5.41) is 20.3. The van der Waals surface area contributed by atoms with E-state index in [1.165, 1.54) is 10.4 Å². The van der Waals surface area contributed by atoms with Crippen molar-refractivity contribution in [2.45, 2.75) is 51.4 Å². The third-order valence-corrected chi connectivity index (χ3v) is 8.74. The van der Waals surface area contributed by atoms with Crippen LogP contribution in [0, 0.1) is 6.92 Å². The summed E-state index contributed by atoms with van der Waals surface area (Å²) < 4.78 is 1.70. The molecule has 192 valence electrons. The van der Waals surface area contributed by atoms with Crippen LogP contribution >= 0.6 is 11.3 Å². The Balaban J connectivity index is 1.55. The molecule has 0 radical (unpaired) electrons. The maximum absolute atomic E-state index is 13.8. The first-order valence-electron chi connectivity index (χ1n) is 12.9. The van der Waals surface area contributed by atoms with Crippen LogP contribution < -0.4 is 5.32 Å². The van der Waals surface area contributed by atoms with Crippen molar-refractivity contribution < 1.29 is 14.7 Å². The Kier molecular flexibility index (Phi) is 6.03. The second-order valence-electron chi connectivity index (χ2n) is 10.4. The monoisotopic (exact) mass is 523 g/mol. The van der Waals surface area contributed by atoms with Crippen molar-refractivity contribution >= 4 is 28.9 Å². The number of anilines is 1. The van der Waals surface area contributed by atoms with Crippen LogP contribution in [-0.2, 0) is 4.79 Å². The molecular weight excluding hydrogens is 494 g/mol. The van der Waals surface area contributed by atoms with Gasteiger partial charge in [-0.3, -0.25) is 4.79 Å². The molecule has 0 spiro atoms. The number of fused-ring (bicyclic) bond motifs is 1. The van der Waals surface area contributed by atoms with Crippen molar-refractivity contribution in [2.24, 2.45) is 0 Å². The number of nitrogens with zero attached hydrogens (tertiary/aromatic N) is 2. The summed E-state index contributed by atoms with van der Waals surface area (Å²) in [6, 6.07) is 19.6. The van der Waals surface area contributed by atoms with Gasteiger partial charge in [0.25, 0.3) is 0 Å². The van der Waals surface area contributed by atoms with Gasteiger partial charge in [0.1, 0.15) is 5.82 Å². The third kappa shape index (κ3) is 3.98. The number of allylic oxidation sites excluding steroid dienone is 2. The van der Waals surface area contributed by atoms with E-state index < -0.39 is 5.97 Å². The lowest BCUT2D eigenvalue weighted by Gasteiger charge is -2.35. The fourth-order valence-electron chi connectivity index (χ4n) is 5.82. The van der Waals surface area contributed by atoms with Gasteiger partial charge in [-0.2, -0.15) is 5.10 Å². The standard InChI is InChI=1S/C31H29N3O3S/c1-17(2)19-10-12-20(13-11-19)28-27-18(3)33-34(24-8-5-4-7-22(24)31(36)37)30(27)32-23-15-21(16-25(35)29(23)28)26-9-6-14-38-26/h4-14,17,21,28,32H,15-16H2,1-3H3,(H,36,37). The fraction of sp³-hybridized carbons (Fsp3) is 0.258. The largest absolute Gasteiger partial charge is 0.478 e. The van der Waals surface area contributed by atoms with E-state index in [1.807, 2.05) is 19.1 Å². The van der Waals surface area contributed by atoms with Crippen LogP contribution in [0.5, 0.6) is 0 Å². The van der Waals surface area contributed by atoms with Gasteiger partial charge in [0.05, 0.1) is 16.9 Å². The number of hydrogen-bond acceptors (Lipinski definition) is 5. The van der Waals surface area contributed by atoms with Gasteiger partial charge in [-0.15, -0.1) is 11.3 Å². The molecule has 0 amide bonds. The van der Waals surface area contributed by atoms with E-state index in [-0.39, 0.29) is 23.2 Å². The SMILES string of the molecule is Cc1nn(-c2ccccc2C(=O)O)c2c1C(c1ccc(C(C)C)cc1)C1=C(CC(c3cccs3)CC1=O)N2. The molecule has 6 rings (SSSR count). The van der Waals surface area contributed by atoms with Crippen LogP contribution in [0.3, 0.4) is 0 Å². The van der Waals surface area contributed by atoms with Gasteiger partial charge < -0.3 is 10.4 Å². The summed E-state index contributed by atoms with van der Waals surface area (Å²) in [6.07, 6.45) is 1.19. The number of Topliss-reactive ketones (excluding diaryl/α,β-unsaturated/α-hetero) is 1. The van der Waals surface area contributed by atoms with E-state index >= 15 is 0 Å². The lowest BCUT2D eigenvalue weighted by atomic mass is 9.73.